The van der Waals surface area contributed by atoms with Gasteiger partial charge in [0.15, 0.2) is 0 Å². The topological polar surface area (TPSA) is 162 Å². The number of methoxy groups -OCH3 is 1. The van der Waals surface area contributed by atoms with Crippen LogP contribution in [-0.2, 0) is 21.4 Å². The van der Waals surface area contributed by atoms with E-state index in [-0.39, 0.29) is 48.4 Å². The molecule has 0 aliphatic carbocycles. The molecule has 15 nitrogen and oxygen atoms in total. The molecule has 0 radical (unpaired) electrons. The number of aromatic nitrogens is 4. The molecule has 9 rings (SSSR count). The highest BCUT2D eigenvalue weighted by Gasteiger charge is 2.31. The van der Waals surface area contributed by atoms with Crippen molar-refractivity contribution in [3.05, 3.63) is 101 Å². The molecule has 4 aromatic carbocycles. The quantitative estimate of drug-likeness (QED) is 0.0661. The van der Waals surface area contributed by atoms with Crippen LogP contribution in [-0.4, -0.2) is 120 Å². The van der Waals surface area contributed by atoms with E-state index in [0.29, 0.717) is 75.3 Å². The lowest BCUT2D eigenvalue weighted by Gasteiger charge is -2.39. The molecular formula is C49H53BrF2N11O4P. The number of benzene rings is 4. The van der Waals surface area contributed by atoms with Crippen LogP contribution < -0.4 is 36.2 Å². The van der Waals surface area contributed by atoms with Gasteiger partial charge in [0.2, 0.25) is 23.7 Å². The maximum Gasteiger partial charge on any atom is 0.249 e. The Balaban J connectivity index is 0.845. The standard InChI is InChI=1S/C49H53BrF2N11O4P/c1-60-27-31(25-54-60)34-22-41(57-49-53-26-35(50)47(59-49)56-38-10-9-29-7-5-6-8-32(29)46(38)68(3)4)43(67-2)24-42(34)62-17-19-63(20-18-62)45(65)28-61-15-13-30(14-16-61)33-21-37(52)40(23-36(33)51)55-39-11-12-44(64)58-48(39)66/h5-10,21-27,30,39,55H,11-20,28H2,1-4H3,(H,58,64,66)(H2,53,56,57,59). The molecule has 3 aliphatic heterocycles. The largest absolute Gasteiger partial charge is 0.494 e. The van der Waals surface area contributed by atoms with Crippen molar-refractivity contribution in [1.82, 2.24) is 34.9 Å². The second kappa shape index (κ2) is 20.2. The van der Waals surface area contributed by atoms with Gasteiger partial charge < -0.3 is 30.5 Å². The van der Waals surface area contributed by atoms with E-state index in [9.17, 15) is 14.4 Å². The molecule has 68 heavy (non-hydrogen) atoms. The summed E-state index contributed by atoms with van der Waals surface area (Å²) in [5, 5.41) is 20.1. The van der Waals surface area contributed by atoms with Gasteiger partial charge in [0, 0.05) is 92.0 Å². The van der Waals surface area contributed by atoms with Crippen LogP contribution in [0.2, 0.25) is 0 Å². The predicted octanol–water partition coefficient (Wildman–Crippen LogP) is 7.68. The van der Waals surface area contributed by atoms with Gasteiger partial charge in [-0.15, -0.1) is 0 Å². The van der Waals surface area contributed by atoms with E-state index in [4.69, 9.17) is 9.72 Å². The summed E-state index contributed by atoms with van der Waals surface area (Å²) in [4.78, 5) is 53.1. The first kappa shape index (κ1) is 46.9. The van der Waals surface area contributed by atoms with Crippen LogP contribution in [0.15, 0.2) is 83.7 Å². The third-order valence-electron chi connectivity index (χ3n) is 12.9. The molecule has 3 fully saturated rings. The van der Waals surface area contributed by atoms with Crippen LogP contribution in [0, 0.1) is 11.6 Å². The van der Waals surface area contributed by atoms with E-state index < -0.39 is 31.5 Å². The predicted molar refractivity (Wildman–Crippen MR) is 267 cm³/mol. The Morgan fingerprint density at radius 2 is 1.69 bits per heavy atom. The zero-order valence-electron chi connectivity index (χ0n) is 38.3. The van der Waals surface area contributed by atoms with Crippen LogP contribution in [0.3, 0.4) is 0 Å². The van der Waals surface area contributed by atoms with Gasteiger partial charge in [0.25, 0.3) is 0 Å². The SMILES string of the molecule is COc1cc(N2CCN(C(=O)CN3CCC(c4cc(F)c(NC5CCC(=O)NC5=O)cc4F)CC3)CC2)c(-c2cnn(C)c2)cc1Nc1ncc(Br)c(Nc2ccc3ccccc3c2P(C)C)n1. The van der Waals surface area contributed by atoms with Gasteiger partial charge in [-0.3, -0.25) is 29.3 Å². The molecular weight excluding hydrogens is 955 g/mol. The van der Waals surface area contributed by atoms with E-state index in [1.54, 1.807) is 18.0 Å². The zero-order chi connectivity index (χ0) is 47.6. The Kier molecular flexibility index (Phi) is 13.9. The number of ether oxygens (including phenoxy) is 1. The van der Waals surface area contributed by atoms with Crippen molar-refractivity contribution in [3.63, 3.8) is 0 Å². The Labute approximate surface area is 402 Å². The molecule has 1 atom stereocenters. The Morgan fingerprint density at radius 3 is 2.41 bits per heavy atom. The Bertz CT molecular complexity index is 2890. The summed E-state index contributed by atoms with van der Waals surface area (Å²) in [5.41, 5.74) is 4.62. The second-order valence-electron chi connectivity index (χ2n) is 17.6. The molecule has 6 aromatic rings. The monoisotopic (exact) mass is 1010 g/mol. The molecule has 1 unspecified atom stereocenters. The lowest BCUT2D eigenvalue weighted by molar-refractivity contribution is -0.134. The van der Waals surface area contributed by atoms with Crippen molar-refractivity contribution in [2.45, 2.75) is 37.6 Å². The maximum absolute atomic E-state index is 15.4. The van der Waals surface area contributed by atoms with Crippen LogP contribution in [0.1, 0.15) is 37.2 Å². The fourth-order valence-electron chi connectivity index (χ4n) is 9.38. The number of nitrogens with one attached hydrogen (secondary N) is 4. The molecule has 19 heteroatoms. The first-order valence-corrected chi connectivity index (χ1v) is 25.7. The number of hydrogen-bond acceptors (Lipinski definition) is 12. The number of amides is 3. The zero-order valence-corrected chi connectivity index (χ0v) is 40.8. The molecule has 4 N–H and O–H groups in total. The van der Waals surface area contributed by atoms with Crippen molar-refractivity contribution in [1.29, 1.82) is 0 Å². The summed E-state index contributed by atoms with van der Waals surface area (Å²) in [6.45, 7) is 8.10. The van der Waals surface area contributed by atoms with Crippen molar-refractivity contribution in [3.8, 4) is 16.9 Å². The number of piperazine rings is 1. The second-order valence-corrected chi connectivity index (χ2v) is 20.7. The van der Waals surface area contributed by atoms with E-state index in [0.717, 1.165) is 33.0 Å². The van der Waals surface area contributed by atoms with Gasteiger partial charge in [-0.2, -0.15) is 10.1 Å². The lowest BCUT2D eigenvalue weighted by atomic mass is 9.88. The number of aryl methyl sites for hydroxylation is 1. The number of fused-ring (bicyclic) bond motifs is 1. The van der Waals surface area contributed by atoms with Crippen LogP contribution in [0.25, 0.3) is 21.9 Å². The van der Waals surface area contributed by atoms with Crippen molar-refractivity contribution in [2.75, 3.05) is 87.1 Å². The number of anilines is 6. The van der Waals surface area contributed by atoms with Gasteiger partial charge in [-0.05, 0) is 102 Å². The smallest absolute Gasteiger partial charge is 0.249 e. The normalized spacial score (nSPS) is 17.1. The van der Waals surface area contributed by atoms with Crippen LogP contribution in [0.4, 0.5) is 43.3 Å². The minimum Gasteiger partial charge on any atom is -0.494 e. The minimum absolute atomic E-state index is 0.0270. The highest BCUT2D eigenvalue weighted by molar-refractivity contribution is 9.10. The highest BCUT2D eigenvalue weighted by Crippen LogP contribution is 2.42. The number of carbonyl (C=O) groups is 3. The summed E-state index contributed by atoms with van der Waals surface area (Å²) >= 11 is 3.66. The molecule has 5 heterocycles. The van der Waals surface area contributed by atoms with Gasteiger partial charge in [-0.25, -0.2) is 13.8 Å². The average Bonchev–Trinajstić information content (AvgIpc) is 3.77. The van der Waals surface area contributed by atoms with Crippen molar-refractivity contribution in [2.24, 2.45) is 7.05 Å². The molecule has 0 spiro atoms. The fraction of sp³-hybridized carbons (Fsp3) is 0.347. The average molecular weight is 1010 g/mol. The summed E-state index contributed by atoms with van der Waals surface area (Å²) in [6.07, 6.45) is 6.98. The number of imide groups is 1. The van der Waals surface area contributed by atoms with Gasteiger partial charge >= 0.3 is 0 Å². The number of hydrogen-bond donors (Lipinski definition) is 4. The fourth-order valence-corrected chi connectivity index (χ4v) is 11.0. The van der Waals surface area contributed by atoms with E-state index >= 15 is 8.78 Å². The van der Waals surface area contributed by atoms with E-state index in [2.05, 4.69) is 107 Å². The first-order chi connectivity index (χ1) is 32.8. The highest BCUT2D eigenvalue weighted by atomic mass is 79.9. The third-order valence-corrected chi connectivity index (χ3v) is 14.9. The molecule has 0 saturated carbocycles. The number of nitrogens with zero attached hydrogens (tertiary/aromatic N) is 7. The molecule has 3 saturated heterocycles. The van der Waals surface area contributed by atoms with Crippen molar-refractivity contribution >= 4 is 92.2 Å². The van der Waals surface area contributed by atoms with Crippen LogP contribution in [0.5, 0.6) is 5.75 Å². The summed E-state index contributed by atoms with van der Waals surface area (Å²) in [5.74, 6) is -0.744. The number of piperidine rings is 2. The minimum atomic E-state index is -0.822. The summed E-state index contributed by atoms with van der Waals surface area (Å²) in [7, 11) is 3.06. The maximum atomic E-state index is 15.4. The molecule has 2 aromatic heterocycles. The van der Waals surface area contributed by atoms with Gasteiger partial charge in [0.05, 0.1) is 35.7 Å². The van der Waals surface area contributed by atoms with Crippen LogP contribution >= 0.6 is 23.9 Å². The van der Waals surface area contributed by atoms with Crippen molar-refractivity contribution < 1.29 is 27.9 Å². The molecule has 354 valence electrons. The Morgan fingerprint density at radius 1 is 0.912 bits per heavy atom. The molecule has 3 amide bonds. The summed E-state index contributed by atoms with van der Waals surface area (Å²) < 4.78 is 39.1. The van der Waals surface area contributed by atoms with E-state index in [1.807, 2.05) is 36.5 Å². The number of carbonyl (C=O) groups excluding carboxylic acids is 3. The third kappa shape index (κ3) is 10.1. The Hall–Kier alpha value is -6.23. The first-order valence-electron chi connectivity index (χ1n) is 22.6. The van der Waals surface area contributed by atoms with Gasteiger partial charge in [0.1, 0.15) is 29.2 Å². The molecule has 0 bridgehead atoms. The van der Waals surface area contributed by atoms with Gasteiger partial charge in [-0.1, -0.05) is 38.3 Å². The number of halogens is 3. The summed E-state index contributed by atoms with van der Waals surface area (Å²) in [6, 6.07) is 18.2. The lowest BCUT2D eigenvalue weighted by Crippen LogP contribution is -2.52. The number of rotatable bonds is 13. The van der Waals surface area contributed by atoms with E-state index in [1.165, 1.54) is 22.1 Å². The molecule has 3 aliphatic rings. The number of likely N-dealkylation sites (tertiary alicyclic amines) is 1.